The smallest absolute Gasteiger partial charge is 0.182 e. The largest absolute Gasteiger partial charge is 0.392 e. The summed E-state index contributed by atoms with van der Waals surface area (Å²) in [5, 5.41) is 8.95. The maximum atomic E-state index is 12.3. The molecule has 0 saturated carbocycles. The summed E-state index contributed by atoms with van der Waals surface area (Å²) in [6.45, 7) is 1.83. The van der Waals surface area contributed by atoms with Crippen LogP contribution in [0.3, 0.4) is 0 Å². The van der Waals surface area contributed by atoms with Crippen molar-refractivity contribution in [2.75, 3.05) is 0 Å². The van der Waals surface area contributed by atoms with Gasteiger partial charge in [0.25, 0.3) is 0 Å². The van der Waals surface area contributed by atoms with Gasteiger partial charge in [0.05, 0.1) is 17.3 Å². The van der Waals surface area contributed by atoms with Gasteiger partial charge in [0.15, 0.2) is 9.84 Å². The molecule has 4 heteroatoms. The third kappa shape index (κ3) is 3.43. The molecule has 0 radical (unpaired) electrons. The van der Waals surface area contributed by atoms with Gasteiger partial charge in [-0.15, -0.1) is 0 Å². The normalized spacial score (nSPS) is 11.5. The Morgan fingerprint density at radius 1 is 1.00 bits per heavy atom. The minimum Gasteiger partial charge on any atom is -0.392 e. The summed E-state index contributed by atoms with van der Waals surface area (Å²) >= 11 is 0. The van der Waals surface area contributed by atoms with Gasteiger partial charge < -0.3 is 5.11 Å². The Morgan fingerprint density at radius 2 is 1.63 bits per heavy atom. The predicted molar refractivity (Wildman–Crippen MR) is 74.4 cm³/mol. The van der Waals surface area contributed by atoms with Crippen LogP contribution in [-0.4, -0.2) is 13.5 Å². The van der Waals surface area contributed by atoms with Crippen LogP contribution in [0.5, 0.6) is 0 Å². The van der Waals surface area contributed by atoms with Crippen LogP contribution < -0.4 is 0 Å². The molecule has 0 saturated heterocycles. The Labute approximate surface area is 113 Å². The number of rotatable bonds is 4. The first-order valence-corrected chi connectivity index (χ1v) is 7.64. The van der Waals surface area contributed by atoms with Gasteiger partial charge in [0.2, 0.25) is 0 Å². The molecule has 2 aromatic rings. The Hall–Kier alpha value is -1.65. The van der Waals surface area contributed by atoms with Gasteiger partial charge in [0.1, 0.15) is 0 Å². The van der Waals surface area contributed by atoms with Crippen molar-refractivity contribution in [1.82, 2.24) is 0 Å². The summed E-state index contributed by atoms with van der Waals surface area (Å²) < 4.78 is 24.5. The van der Waals surface area contributed by atoms with Crippen LogP contribution in [0.1, 0.15) is 16.7 Å². The Balaban J connectivity index is 2.25. The lowest BCUT2D eigenvalue weighted by Crippen LogP contribution is -2.05. The summed E-state index contributed by atoms with van der Waals surface area (Å²) in [4.78, 5) is 0.346. The van der Waals surface area contributed by atoms with Gasteiger partial charge in [-0.3, -0.25) is 0 Å². The maximum absolute atomic E-state index is 12.3. The van der Waals surface area contributed by atoms with Gasteiger partial charge in [-0.25, -0.2) is 8.42 Å². The van der Waals surface area contributed by atoms with E-state index in [1.54, 1.807) is 42.5 Å². The van der Waals surface area contributed by atoms with Crippen molar-refractivity contribution in [3.63, 3.8) is 0 Å². The van der Waals surface area contributed by atoms with Gasteiger partial charge >= 0.3 is 0 Å². The van der Waals surface area contributed by atoms with Gasteiger partial charge in [-0.1, -0.05) is 36.4 Å². The molecule has 0 amide bonds. The topological polar surface area (TPSA) is 54.4 Å². The molecule has 1 N–H and O–H groups in total. The van der Waals surface area contributed by atoms with E-state index in [-0.39, 0.29) is 12.4 Å². The Kier molecular flexibility index (Phi) is 4.02. The lowest BCUT2D eigenvalue weighted by molar-refractivity contribution is 0.282. The fourth-order valence-corrected chi connectivity index (χ4v) is 3.30. The summed E-state index contributed by atoms with van der Waals surface area (Å²) in [5.41, 5.74) is 2.42. The summed E-state index contributed by atoms with van der Waals surface area (Å²) in [6.07, 6.45) is 0. The molecule has 0 atom stereocenters. The number of benzene rings is 2. The van der Waals surface area contributed by atoms with Crippen molar-refractivity contribution in [3.8, 4) is 0 Å². The zero-order valence-electron chi connectivity index (χ0n) is 10.7. The molecule has 0 fully saturated rings. The van der Waals surface area contributed by atoms with E-state index in [4.69, 9.17) is 5.11 Å². The highest BCUT2D eigenvalue weighted by Gasteiger charge is 2.15. The van der Waals surface area contributed by atoms with E-state index in [1.165, 1.54) is 0 Å². The van der Waals surface area contributed by atoms with Crippen LogP contribution in [-0.2, 0) is 22.2 Å². The second kappa shape index (κ2) is 5.55. The molecule has 3 nitrogen and oxygen atoms in total. The molecular weight excluding hydrogens is 260 g/mol. The van der Waals surface area contributed by atoms with Crippen molar-refractivity contribution in [2.24, 2.45) is 0 Å². The Bertz CT molecular complexity index is 658. The second-order valence-electron chi connectivity index (χ2n) is 4.55. The van der Waals surface area contributed by atoms with Crippen molar-refractivity contribution >= 4 is 9.84 Å². The zero-order valence-corrected chi connectivity index (χ0v) is 11.5. The molecular formula is C15H16O3S. The number of sulfone groups is 1. The monoisotopic (exact) mass is 276 g/mol. The number of aryl methyl sites for hydroxylation is 1. The molecule has 0 aromatic heterocycles. The van der Waals surface area contributed by atoms with E-state index < -0.39 is 9.84 Å². The highest BCUT2D eigenvalue weighted by atomic mass is 32.2. The average Bonchev–Trinajstić information content (AvgIpc) is 2.39. The van der Waals surface area contributed by atoms with Crippen LogP contribution in [0.25, 0.3) is 0 Å². The minimum atomic E-state index is -3.32. The molecule has 0 spiro atoms. The fourth-order valence-electron chi connectivity index (χ4n) is 1.85. The van der Waals surface area contributed by atoms with Crippen molar-refractivity contribution < 1.29 is 13.5 Å². The molecule has 0 bridgehead atoms. The van der Waals surface area contributed by atoms with Crippen LogP contribution in [0.2, 0.25) is 0 Å². The minimum absolute atomic E-state index is 0.0256. The third-order valence-electron chi connectivity index (χ3n) is 2.91. The van der Waals surface area contributed by atoms with Crippen molar-refractivity contribution in [2.45, 2.75) is 24.2 Å². The lowest BCUT2D eigenvalue weighted by atomic mass is 10.2. The van der Waals surface area contributed by atoms with E-state index in [0.29, 0.717) is 4.90 Å². The standard InChI is InChI=1S/C15H16O3S/c1-12-3-2-4-15(9-12)19(17,18)11-14-7-5-13(10-16)6-8-14/h2-9,16H,10-11H2,1H3. The number of aliphatic hydroxyl groups excluding tert-OH is 1. The van der Waals surface area contributed by atoms with Crippen LogP contribution in [0, 0.1) is 6.92 Å². The quantitative estimate of drug-likeness (QED) is 0.933. The molecule has 0 aliphatic heterocycles. The van der Waals surface area contributed by atoms with E-state index in [0.717, 1.165) is 16.7 Å². The maximum Gasteiger partial charge on any atom is 0.182 e. The molecule has 2 aromatic carbocycles. The zero-order chi connectivity index (χ0) is 13.9. The summed E-state index contributed by atoms with van der Waals surface area (Å²) in [6, 6.07) is 13.9. The van der Waals surface area contributed by atoms with E-state index >= 15 is 0 Å². The van der Waals surface area contributed by atoms with E-state index in [9.17, 15) is 8.42 Å². The first-order chi connectivity index (χ1) is 9.01. The van der Waals surface area contributed by atoms with E-state index in [2.05, 4.69) is 0 Å². The van der Waals surface area contributed by atoms with Crippen molar-refractivity contribution in [3.05, 3.63) is 65.2 Å². The first-order valence-electron chi connectivity index (χ1n) is 5.99. The molecule has 0 unspecified atom stereocenters. The number of aliphatic hydroxyl groups is 1. The highest BCUT2D eigenvalue weighted by Crippen LogP contribution is 2.18. The van der Waals surface area contributed by atoms with Crippen LogP contribution >= 0.6 is 0 Å². The SMILES string of the molecule is Cc1cccc(S(=O)(=O)Cc2ccc(CO)cc2)c1. The average molecular weight is 276 g/mol. The van der Waals surface area contributed by atoms with Crippen LogP contribution in [0.4, 0.5) is 0 Å². The van der Waals surface area contributed by atoms with Gasteiger partial charge in [-0.05, 0) is 35.7 Å². The summed E-state index contributed by atoms with van der Waals surface area (Å²) in [7, 11) is -3.32. The fraction of sp³-hybridized carbons (Fsp3) is 0.200. The van der Waals surface area contributed by atoms with Gasteiger partial charge in [-0.2, -0.15) is 0 Å². The number of hydrogen-bond donors (Lipinski definition) is 1. The molecule has 0 aliphatic rings. The second-order valence-corrected chi connectivity index (χ2v) is 6.54. The van der Waals surface area contributed by atoms with Gasteiger partial charge in [0, 0.05) is 0 Å². The predicted octanol–water partition coefficient (Wildman–Crippen LogP) is 2.46. The summed E-state index contributed by atoms with van der Waals surface area (Å²) in [5.74, 6) is -0.0256. The number of hydrogen-bond acceptors (Lipinski definition) is 3. The third-order valence-corrected chi connectivity index (χ3v) is 4.60. The molecule has 100 valence electrons. The van der Waals surface area contributed by atoms with E-state index in [1.807, 2.05) is 13.0 Å². The molecule has 0 heterocycles. The van der Waals surface area contributed by atoms with Crippen molar-refractivity contribution in [1.29, 1.82) is 0 Å². The first kappa shape index (κ1) is 13.8. The van der Waals surface area contributed by atoms with Crippen LogP contribution in [0.15, 0.2) is 53.4 Å². The molecule has 2 rings (SSSR count). The Morgan fingerprint density at radius 3 is 2.21 bits per heavy atom. The highest BCUT2D eigenvalue weighted by molar-refractivity contribution is 7.90. The molecule has 0 aliphatic carbocycles. The lowest BCUT2D eigenvalue weighted by Gasteiger charge is -2.06. The molecule has 19 heavy (non-hydrogen) atoms.